The highest BCUT2D eigenvalue weighted by Crippen LogP contribution is 2.24. The smallest absolute Gasteiger partial charge is 0.255 e. The molecule has 3 rings (SSSR count). The fraction of sp³-hybridized carbons (Fsp3) is 0. The Kier molecular flexibility index (Phi) is 4.04. The summed E-state index contributed by atoms with van der Waals surface area (Å²) in [6, 6.07) is 13.5. The monoisotopic (exact) mass is 323 g/mol. The molecule has 0 saturated heterocycles. The van der Waals surface area contributed by atoms with Gasteiger partial charge in [0.15, 0.2) is 0 Å². The van der Waals surface area contributed by atoms with Crippen LogP contribution in [0.5, 0.6) is 0 Å². The van der Waals surface area contributed by atoms with E-state index in [1.54, 1.807) is 36.4 Å². The molecule has 7 heteroatoms. The SMILES string of the molecule is N#Cc1cccc(C(=O)Nc2cc(Cl)ccc2-n2cncn2)c1. The normalized spacial score (nSPS) is 10.1. The predicted molar refractivity (Wildman–Crippen MR) is 85.5 cm³/mol. The highest BCUT2D eigenvalue weighted by Gasteiger charge is 2.12. The van der Waals surface area contributed by atoms with Crippen molar-refractivity contribution in [2.24, 2.45) is 0 Å². The average Bonchev–Trinajstić information content (AvgIpc) is 3.09. The van der Waals surface area contributed by atoms with Crippen molar-refractivity contribution in [2.45, 2.75) is 0 Å². The standard InChI is InChI=1S/C16H10ClN5O/c17-13-4-5-15(22-10-19-9-20-22)14(7-13)21-16(23)12-3-1-2-11(6-12)8-18/h1-7,9-10H,(H,21,23). The highest BCUT2D eigenvalue weighted by molar-refractivity contribution is 6.31. The molecule has 0 aliphatic heterocycles. The third-order valence-electron chi connectivity index (χ3n) is 3.13. The minimum atomic E-state index is -0.342. The van der Waals surface area contributed by atoms with E-state index in [1.807, 2.05) is 6.07 Å². The van der Waals surface area contributed by atoms with Gasteiger partial charge in [0, 0.05) is 10.6 Å². The summed E-state index contributed by atoms with van der Waals surface area (Å²) < 4.78 is 1.53. The van der Waals surface area contributed by atoms with E-state index >= 15 is 0 Å². The van der Waals surface area contributed by atoms with Gasteiger partial charge >= 0.3 is 0 Å². The van der Waals surface area contributed by atoms with Crippen LogP contribution in [0, 0.1) is 11.3 Å². The van der Waals surface area contributed by atoms with Gasteiger partial charge in [0.2, 0.25) is 0 Å². The lowest BCUT2D eigenvalue weighted by molar-refractivity contribution is 0.102. The summed E-state index contributed by atoms with van der Waals surface area (Å²) in [7, 11) is 0. The molecular weight excluding hydrogens is 314 g/mol. The third-order valence-corrected chi connectivity index (χ3v) is 3.36. The maximum absolute atomic E-state index is 12.4. The molecule has 2 aromatic carbocycles. The van der Waals surface area contributed by atoms with Gasteiger partial charge in [-0.05, 0) is 36.4 Å². The van der Waals surface area contributed by atoms with E-state index < -0.39 is 0 Å². The number of nitrogens with one attached hydrogen (secondary N) is 1. The number of hydrogen-bond acceptors (Lipinski definition) is 4. The number of nitriles is 1. The molecule has 0 unspecified atom stereocenters. The van der Waals surface area contributed by atoms with Crippen molar-refractivity contribution in [3.63, 3.8) is 0 Å². The van der Waals surface area contributed by atoms with Crippen LogP contribution >= 0.6 is 11.6 Å². The minimum absolute atomic E-state index is 0.342. The summed E-state index contributed by atoms with van der Waals surface area (Å²) in [6.07, 6.45) is 2.92. The molecule has 23 heavy (non-hydrogen) atoms. The maximum Gasteiger partial charge on any atom is 0.255 e. The molecule has 0 bridgehead atoms. The second kappa shape index (κ2) is 6.30. The van der Waals surface area contributed by atoms with Gasteiger partial charge in [0.05, 0.1) is 23.0 Å². The minimum Gasteiger partial charge on any atom is -0.320 e. The van der Waals surface area contributed by atoms with Gasteiger partial charge in [0.25, 0.3) is 5.91 Å². The number of aromatic nitrogens is 3. The Hall–Kier alpha value is -3.17. The van der Waals surface area contributed by atoms with Crippen LogP contribution in [-0.4, -0.2) is 20.7 Å². The fourth-order valence-electron chi connectivity index (χ4n) is 2.07. The van der Waals surface area contributed by atoms with E-state index in [1.165, 1.54) is 23.4 Å². The van der Waals surface area contributed by atoms with Crippen LogP contribution < -0.4 is 5.32 Å². The first kappa shape index (κ1) is 14.8. The van der Waals surface area contributed by atoms with Crippen molar-refractivity contribution in [3.05, 3.63) is 71.3 Å². The van der Waals surface area contributed by atoms with Crippen molar-refractivity contribution in [3.8, 4) is 11.8 Å². The van der Waals surface area contributed by atoms with Gasteiger partial charge in [0.1, 0.15) is 12.7 Å². The summed E-state index contributed by atoms with van der Waals surface area (Å²) in [5, 5.41) is 16.2. The van der Waals surface area contributed by atoms with Crippen LogP contribution in [0.2, 0.25) is 5.02 Å². The lowest BCUT2D eigenvalue weighted by Crippen LogP contribution is -2.14. The molecule has 3 aromatic rings. The molecule has 0 saturated carbocycles. The van der Waals surface area contributed by atoms with Gasteiger partial charge in [-0.2, -0.15) is 10.4 Å². The zero-order valence-electron chi connectivity index (χ0n) is 11.8. The fourth-order valence-corrected chi connectivity index (χ4v) is 2.24. The largest absolute Gasteiger partial charge is 0.320 e. The van der Waals surface area contributed by atoms with Crippen LogP contribution in [0.15, 0.2) is 55.1 Å². The molecule has 0 atom stereocenters. The Bertz CT molecular complexity index is 899. The van der Waals surface area contributed by atoms with Gasteiger partial charge < -0.3 is 5.32 Å². The van der Waals surface area contributed by atoms with E-state index in [0.29, 0.717) is 27.5 Å². The summed E-state index contributed by atoms with van der Waals surface area (Å²) >= 11 is 6.02. The molecule has 1 amide bonds. The Morgan fingerprint density at radius 2 is 2.13 bits per heavy atom. The number of benzene rings is 2. The first-order chi connectivity index (χ1) is 11.2. The number of halogens is 1. The van der Waals surface area contributed by atoms with Crippen molar-refractivity contribution in [2.75, 3.05) is 5.32 Å². The molecule has 0 aliphatic carbocycles. The first-order valence-corrected chi connectivity index (χ1v) is 7.01. The van der Waals surface area contributed by atoms with Gasteiger partial charge in [-0.15, -0.1) is 0 Å². The van der Waals surface area contributed by atoms with Crippen molar-refractivity contribution in [1.82, 2.24) is 14.8 Å². The molecule has 0 radical (unpaired) electrons. The van der Waals surface area contributed by atoms with Gasteiger partial charge in [-0.3, -0.25) is 4.79 Å². The molecule has 1 N–H and O–H groups in total. The molecule has 1 aromatic heterocycles. The third kappa shape index (κ3) is 3.20. The summed E-state index contributed by atoms with van der Waals surface area (Å²) in [5.41, 5.74) is 1.93. The number of hydrogen-bond donors (Lipinski definition) is 1. The quantitative estimate of drug-likeness (QED) is 0.803. The Morgan fingerprint density at radius 1 is 1.26 bits per heavy atom. The van der Waals surface area contributed by atoms with Crippen LogP contribution in [0.25, 0.3) is 5.69 Å². The van der Waals surface area contributed by atoms with Gasteiger partial charge in [-0.1, -0.05) is 17.7 Å². The lowest BCUT2D eigenvalue weighted by Gasteiger charge is -2.11. The van der Waals surface area contributed by atoms with Crippen LogP contribution in [0.3, 0.4) is 0 Å². The van der Waals surface area contributed by atoms with Crippen LogP contribution in [-0.2, 0) is 0 Å². The highest BCUT2D eigenvalue weighted by atomic mass is 35.5. The van der Waals surface area contributed by atoms with Crippen molar-refractivity contribution >= 4 is 23.2 Å². The molecule has 6 nitrogen and oxygen atoms in total. The number of amides is 1. The molecule has 112 valence electrons. The van der Waals surface area contributed by atoms with E-state index in [0.717, 1.165) is 0 Å². The number of carbonyl (C=O) groups excluding carboxylic acids is 1. The molecule has 1 heterocycles. The number of nitrogens with zero attached hydrogens (tertiary/aromatic N) is 4. The van der Waals surface area contributed by atoms with Crippen molar-refractivity contribution < 1.29 is 4.79 Å². The van der Waals surface area contributed by atoms with Crippen LogP contribution in [0.1, 0.15) is 15.9 Å². The van der Waals surface area contributed by atoms with Crippen LogP contribution in [0.4, 0.5) is 5.69 Å². The summed E-state index contributed by atoms with van der Waals surface area (Å²) in [4.78, 5) is 16.3. The Labute approximate surface area is 137 Å². The lowest BCUT2D eigenvalue weighted by atomic mass is 10.1. The molecular formula is C16H10ClN5O. The zero-order valence-corrected chi connectivity index (χ0v) is 12.5. The van der Waals surface area contributed by atoms with E-state index in [4.69, 9.17) is 16.9 Å². The van der Waals surface area contributed by atoms with E-state index in [2.05, 4.69) is 15.4 Å². The Balaban J connectivity index is 1.95. The molecule has 0 spiro atoms. The topological polar surface area (TPSA) is 83.6 Å². The second-order valence-corrected chi connectivity index (χ2v) is 5.08. The molecule has 0 fully saturated rings. The summed E-state index contributed by atoms with van der Waals surface area (Å²) in [6.45, 7) is 0. The van der Waals surface area contributed by atoms with Crippen molar-refractivity contribution in [1.29, 1.82) is 5.26 Å². The number of rotatable bonds is 3. The molecule has 0 aliphatic rings. The van der Waals surface area contributed by atoms with E-state index in [9.17, 15) is 4.79 Å². The van der Waals surface area contributed by atoms with E-state index in [-0.39, 0.29) is 5.91 Å². The summed E-state index contributed by atoms with van der Waals surface area (Å²) in [5.74, 6) is -0.342. The zero-order chi connectivity index (χ0) is 16.2. The second-order valence-electron chi connectivity index (χ2n) is 4.65. The maximum atomic E-state index is 12.4. The Morgan fingerprint density at radius 3 is 2.87 bits per heavy atom. The predicted octanol–water partition coefficient (Wildman–Crippen LogP) is 3.04. The first-order valence-electron chi connectivity index (χ1n) is 6.63. The average molecular weight is 324 g/mol. The number of carbonyl (C=O) groups is 1. The number of anilines is 1. The van der Waals surface area contributed by atoms with Gasteiger partial charge in [-0.25, -0.2) is 9.67 Å².